The van der Waals surface area contributed by atoms with Gasteiger partial charge in [-0.2, -0.15) is 0 Å². The van der Waals surface area contributed by atoms with Crippen LogP contribution in [-0.4, -0.2) is 58.8 Å². The molecular formula is C27H39N7O2S2. The molecule has 3 N–H and O–H groups in total. The highest BCUT2D eigenvalue weighted by atomic mass is 32.2. The maximum absolute atomic E-state index is 12.9. The number of aliphatic imine (C=N–C) groups is 1. The third-order valence-corrected chi connectivity index (χ3v) is 7.67. The van der Waals surface area contributed by atoms with Gasteiger partial charge in [0.2, 0.25) is 5.88 Å². The predicted octanol–water partition coefficient (Wildman–Crippen LogP) is 5.25. The summed E-state index contributed by atoms with van der Waals surface area (Å²) in [6.07, 6.45) is 17.7. The van der Waals surface area contributed by atoms with Crippen molar-refractivity contribution in [1.29, 1.82) is 0 Å². The smallest absolute Gasteiger partial charge is 0.262 e. The molecule has 3 rings (SSSR count). The first-order chi connectivity index (χ1) is 18.6. The number of pyridine rings is 1. The van der Waals surface area contributed by atoms with Crippen LogP contribution in [0, 0.1) is 0 Å². The molecule has 2 aromatic heterocycles. The number of thioether (sulfide) groups is 1. The van der Waals surface area contributed by atoms with Crippen molar-refractivity contribution < 1.29 is 9.53 Å². The fraction of sp³-hybridized carbons (Fsp3) is 0.519. The lowest BCUT2D eigenvalue weighted by Gasteiger charge is -2.18. The molecule has 2 heterocycles. The van der Waals surface area contributed by atoms with Gasteiger partial charge in [0.05, 0.1) is 41.9 Å². The molecule has 0 saturated heterocycles. The predicted molar refractivity (Wildman–Crippen MR) is 160 cm³/mol. The van der Waals surface area contributed by atoms with Gasteiger partial charge in [-0.3, -0.25) is 19.8 Å². The second kappa shape index (κ2) is 17.1. The van der Waals surface area contributed by atoms with Crippen LogP contribution >= 0.6 is 23.7 Å². The number of nitrogens with one attached hydrogen (secondary N) is 3. The van der Waals surface area contributed by atoms with E-state index in [-0.39, 0.29) is 11.9 Å². The van der Waals surface area contributed by atoms with Crippen molar-refractivity contribution in [1.82, 2.24) is 25.6 Å². The van der Waals surface area contributed by atoms with Crippen molar-refractivity contribution in [3.8, 4) is 5.88 Å². The van der Waals surface area contributed by atoms with Crippen LogP contribution in [0.25, 0.3) is 4.91 Å². The lowest BCUT2D eigenvalue weighted by Crippen LogP contribution is -2.30. The number of hydrogen-bond acceptors (Lipinski definition) is 10. The highest BCUT2D eigenvalue weighted by Gasteiger charge is 2.22. The number of unbranched alkanes of at least 4 members (excludes halogenated alkanes) is 3. The van der Waals surface area contributed by atoms with E-state index in [1.165, 1.54) is 30.8 Å². The molecule has 1 aliphatic carbocycles. The van der Waals surface area contributed by atoms with Crippen LogP contribution in [0.2, 0.25) is 0 Å². The Balaban J connectivity index is 1.64. The van der Waals surface area contributed by atoms with Crippen LogP contribution in [-0.2, 0) is 4.79 Å². The van der Waals surface area contributed by atoms with Crippen molar-refractivity contribution in [2.24, 2.45) is 4.99 Å². The normalized spacial score (nSPS) is 14.4. The lowest BCUT2D eigenvalue weighted by atomic mass is 10.0. The van der Waals surface area contributed by atoms with Crippen LogP contribution in [0.4, 0.5) is 5.69 Å². The zero-order chi connectivity index (χ0) is 27.0. The van der Waals surface area contributed by atoms with Crippen LogP contribution in [0.3, 0.4) is 0 Å². The number of aromatic nitrogens is 3. The minimum atomic E-state index is -0.261. The first-order valence-electron chi connectivity index (χ1n) is 13.2. The van der Waals surface area contributed by atoms with E-state index in [0.717, 1.165) is 54.9 Å². The van der Waals surface area contributed by atoms with E-state index in [4.69, 9.17) is 4.74 Å². The van der Waals surface area contributed by atoms with Crippen molar-refractivity contribution in [3.05, 3.63) is 48.3 Å². The Kier molecular flexibility index (Phi) is 13.4. The zero-order valence-electron chi connectivity index (χ0n) is 22.5. The summed E-state index contributed by atoms with van der Waals surface area (Å²) >= 11 is 3.24. The van der Waals surface area contributed by atoms with Gasteiger partial charge >= 0.3 is 0 Å². The molecule has 0 aromatic carbocycles. The van der Waals surface area contributed by atoms with Crippen molar-refractivity contribution in [2.75, 3.05) is 31.2 Å². The fourth-order valence-corrected chi connectivity index (χ4v) is 4.90. The maximum atomic E-state index is 12.9. The van der Waals surface area contributed by atoms with Crippen molar-refractivity contribution in [2.45, 2.75) is 63.2 Å². The van der Waals surface area contributed by atoms with E-state index in [1.807, 2.05) is 32.4 Å². The first-order valence-corrected chi connectivity index (χ1v) is 15.3. The molecule has 9 nitrogen and oxygen atoms in total. The molecule has 11 heteroatoms. The molecule has 1 unspecified atom stereocenters. The molecule has 38 heavy (non-hydrogen) atoms. The molecule has 0 radical (unpaired) electrons. The average molecular weight is 558 g/mol. The van der Waals surface area contributed by atoms with Crippen LogP contribution in [0.5, 0.6) is 5.88 Å². The minimum Gasteiger partial charge on any atom is -0.477 e. The average Bonchev–Trinajstić information content (AvgIpc) is 3.76. The van der Waals surface area contributed by atoms with Crippen molar-refractivity contribution >= 4 is 46.4 Å². The Morgan fingerprint density at radius 1 is 1.26 bits per heavy atom. The van der Waals surface area contributed by atoms with E-state index in [9.17, 15) is 4.79 Å². The number of amides is 1. The van der Waals surface area contributed by atoms with Crippen LogP contribution in [0.15, 0.2) is 41.9 Å². The minimum absolute atomic E-state index is 0.191. The molecule has 1 aliphatic rings. The Labute approximate surface area is 234 Å². The number of ether oxygens (including phenoxy) is 1. The second-order valence-corrected chi connectivity index (χ2v) is 10.9. The highest BCUT2D eigenvalue weighted by molar-refractivity contribution is 8.07. The van der Waals surface area contributed by atoms with Gasteiger partial charge in [0, 0.05) is 23.3 Å². The summed E-state index contributed by atoms with van der Waals surface area (Å²) in [5, 5.41) is 7.00. The van der Waals surface area contributed by atoms with Gasteiger partial charge in [-0.1, -0.05) is 19.3 Å². The van der Waals surface area contributed by atoms with Gasteiger partial charge in [0.25, 0.3) is 5.91 Å². The van der Waals surface area contributed by atoms with Crippen LogP contribution < -0.4 is 20.1 Å². The van der Waals surface area contributed by atoms with Gasteiger partial charge < -0.3 is 20.1 Å². The summed E-state index contributed by atoms with van der Waals surface area (Å²) < 4.78 is 8.87. The number of carbonyl (C=O) groups is 1. The summed E-state index contributed by atoms with van der Waals surface area (Å²) in [7, 11) is 1.98. The molecule has 0 bridgehead atoms. The summed E-state index contributed by atoms with van der Waals surface area (Å²) in [5.74, 6) is 0.198. The molecule has 1 atom stereocenters. The summed E-state index contributed by atoms with van der Waals surface area (Å²) in [6.45, 7) is 3.44. The number of hydrogen-bond donors (Lipinski definition) is 3. The number of carbonyl (C=O) groups excluding carboxylic acids is 1. The molecule has 2 aromatic rings. The molecule has 1 amide bonds. The Bertz CT molecular complexity index is 1060. The Hall–Kier alpha value is -2.63. The van der Waals surface area contributed by atoms with E-state index < -0.39 is 0 Å². The maximum Gasteiger partial charge on any atom is 0.262 e. The van der Waals surface area contributed by atoms with Crippen molar-refractivity contribution in [3.63, 3.8) is 0 Å². The molecule has 1 fully saturated rings. The third-order valence-electron chi connectivity index (χ3n) is 5.75. The SMILES string of the molecule is CCOc1cncc(/C(=C/N=C/C(=O)NC(CCCCCCNC)c2cc(NSC3CC3)ccn2)SC)n1. The Morgan fingerprint density at radius 3 is 2.87 bits per heavy atom. The van der Waals surface area contributed by atoms with Gasteiger partial charge in [-0.25, -0.2) is 4.98 Å². The Morgan fingerprint density at radius 2 is 2.11 bits per heavy atom. The molecule has 0 spiro atoms. The van der Waals surface area contributed by atoms with E-state index in [1.54, 1.807) is 36.7 Å². The highest BCUT2D eigenvalue weighted by Crippen LogP contribution is 2.34. The van der Waals surface area contributed by atoms with Gasteiger partial charge in [0.1, 0.15) is 5.69 Å². The summed E-state index contributed by atoms with van der Waals surface area (Å²) in [5.41, 5.74) is 2.51. The number of anilines is 1. The molecule has 206 valence electrons. The molecular weight excluding hydrogens is 518 g/mol. The van der Waals surface area contributed by atoms with Crippen LogP contribution in [0.1, 0.15) is 69.3 Å². The fourth-order valence-electron chi connectivity index (χ4n) is 3.63. The monoisotopic (exact) mass is 557 g/mol. The summed E-state index contributed by atoms with van der Waals surface area (Å²) in [6, 6.07) is 3.81. The second-order valence-electron chi connectivity index (χ2n) is 8.91. The zero-order valence-corrected chi connectivity index (χ0v) is 24.1. The first kappa shape index (κ1) is 29.9. The molecule has 1 saturated carbocycles. The topological polar surface area (TPSA) is 113 Å². The lowest BCUT2D eigenvalue weighted by molar-refractivity contribution is -0.115. The van der Waals surface area contributed by atoms with Gasteiger partial charge in [0.15, 0.2) is 0 Å². The van der Waals surface area contributed by atoms with E-state index in [2.05, 4.69) is 35.3 Å². The third kappa shape index (κ3) is 11.0. The number of rotatable bonds is 18. The van der Waals surface area contributed by atoms with E-state index in [0.29, 0.717) is 23.4 Å². The summed E-state index contributed by atoms with van der Waals surface area (Å²) in [4.78, 5) is 31.1. The quantitative estimate of drug-likeness (QED) is 0.128. The van der Waals surface area contributed by atoms with Gasteiger partial charge in [-0.05, 0) is 76.5 Å². The molecule has 0 aliphatic heterocycles. The number of nitrogens with zero attached hydrogens (tertiary/aromatic N) is 4. The van der Waals surface area contributed by atoms with E-state index >= 15 is 0 Å². The standard InChI is InChI=1S/C27H39N7O2S2/c1-4-36-27-19-29-16-24(33-27)25(37-3)17-30-18-26(35)32-22(9-7-5-6-8-13-28-2)23-15-20(12-14-31-23)34-38-21-10-11-21/h12,14-19,21-22,28H,4-11,13H2,1-3H3,(H,31,34)(H,32,35)/b25-17-,30-18+. The largest absolute Gasteiger partial charge is 0.477 e. The van der Waals surface area contributed by atoms with Gasteiger partial charge in [-0.15, -0.1) is 11.8 Å².